The zero-order valence-corrected chi connectivity index (χ0v) is 11.8. The van der Waals surface area contributed by atoms with Gasteiger partial charge in [0.25, 0.3) is 0 Å². The molecule has 0 spiro atoms. The molecule has 2 amide bonds. The molecular formula is C14H18F2N2O3. The van der Waals surface area contributed by atoms with Crippen LogP contribution in [0.25, 0.3) is 0 Å². The molecule has 1 aromatic rings. The van der Waals surface area contributed by atoms with Gasteiger partial charge in [0.15, 0.2) is 11.6 Å². The molecular weight excluding hydrogens is 282 g/mol. The second kappa shape index (κ2) is 7.68. The Morgan fingerprint density at radius 2 is 1.86 bits per heavy atom. The third kappa shape index (κ3) is 5.47. The predicted molar refractivity (Wildman–Crippen MR) is 73.5 cm³/mol. The van der Waals surface area contributed by atoms with Crippen molar-refractivity contribution >= 4 is 17.5 Å². The standard InChI is InChI=1S/C14H18F2N2O3/c1-8(2)12(19)5-6-17-13(20)14(21)18-9-3-4-10(15)11(16)7-9/h3-4,7-8,12,19H,5-6H2,1-2H3,(H,17,20)(H,18,21). The predicted octanol–water partition coefficient (Wildman–Crippen LogP) is 1.43. The van der Waals surface area contributed by atoms with Gasteiger partial charge in [-0.15, -0.1) is 0 Å². The van der Waals surface area contributed by atoms with Crippen LogP contribution in [0.1, 0.15) is 20.3 Å². The van der Waals surface area contributed by atoms with E-state index in [4.69, 9.17) is 0 Å². The number of aliphatic hydroxyl groups is 1. The summed E-state index contributed by atoms with van der Waals surface area (Å²) in [5.74, 6) is -4.00. The van der Waals surface area contributed by atoms with E-state index in [0.717, 1.165) is 18.2 Å². The number of benzene rings is 1. The van der Waals surface area contributed by atoms with E-state index in [2.05, 4.69) is 10.6 Å². The average Bonchev–Trinajstić information content (AvgIpc) is 2.42. The number of nitrogens with one attached hydrogen (secondary N) is 2. The lowest BCUT2D eigenvalue weighted by Gasteiger charge is -2.14. The van der Waals surface area contributed by atoms with Crippen LogP contribution in [-0.4, -0.2) is 29.6 Å². The molecule has 7 heteroatoms. The van der Waals surface area contributed by atoms with Crippen molar-refractivity contribution in [3.63, 3.8) is 0 Å². The molecule has 21 heavy (non-hydrogen) atoms. The van der Waals surface area contributed by atoms with Gasteiger partial charge in [0.2, 0.25) is 0 Å². The Morgan fingerprint density at radius 3 is 2.43 bits per heavy atom. The fourth-order valence-electron chi connectivity index (χ4n) is 1.51. The molecule has 0 saturated carbocycles. The van der Waals surface area contributed by atoms with Crippen molar-refractivity contribution in [3.8, 4) is 0 Å². The van der Waals surface area contributed by atoms with E-state index in [-0.39, 0.29) is 18.2 Å². The van der Waals surface area contributed by atoms with Gasteiger partial charge in [0.1, 0.15) is 0 Å². The van der Waals surface area contributed by atoms with E-state index in [9.17, 15) is 23.5 Å². The Kier molecular flexibility index (Phi) is 6.23. The molecule has 1 atom stereocenters. The molecule has 116 valence electrons. The summed E-state index contributed by atoms with van der Waals surface area (Å²) in [6.45, 7) is 3.81. The summed E-state index contributed by atoms with van der Waals surface area (Å²) < 4.78 is 25.7. The lowest BCUT2D eigenvalue weighted by Crippen LogP contribution is -2.37. The molecule has 0 aliphatic heterocycles. The van der Waals surface area contributed by atoms with E-state index < -0.39 is 29.6 Å². The highest BCUT2D eigenvalue weighted by atomic mass is 19.2. The average molecular weight is 300 g/mol. The van der Waals surface area contributed by atoms with E-state index in [1.165, 1.54) is 0 Å². The molecule has 0 radical (unpaired) electrons. The quantitative estimate of drug-likeness (QED) is 0.720. The Bertz CT molecular complexity index is 521. The number of hydrogen-bond donors (Lipinski definition) is 3. The first-order chi connectivity index (χ1) is 9.81. The van der Waals surface area contributed by atoms with Crippen LogP contribution >= 0.6 is 0 Å². The zero-order chi connectivity index (χ0) is 16.0. The molecule has 5 nitrogen and oxygen atoms in total. The van der Waals surface area contributed by atoms with Crippen molar-refractivity contribution in [3.05, 3.63) is 29.8 Å². The topological polar surface area (TPSA) is 78.4 Å². The van der Waals surface area contributed by atoms with Crippen molar-refractivity contribution in [2.24, 2.45) is 5.92 Å². The lowest BCUT2D eigenvalue weighted by atomic mass is 10.0. The van der Waals surface area contributed by atoms with Crippen LogP contribution in [0.4, 0.5) is 14.5 Å². The van der Waals surface area contributed by atoms with Gasteiger partial charge in [-0.1, -0.05) is 13.8 Å². The van der Waals surface area contributed by atoms with E-state index in [1.807, 2.05) is 13.8 Å². The molecule has 0 heterocycles. The summed E-state index contributed by atoms with van der Waals surface area (Å²) in [4.78, 5) is 23.0. The van der Waals surface area contributed by atoms with Gasteiger partial charge in [-0.05, 0) is 24.5 Å². The zero-order valence-electron chi connectivity index (χ0n) is 11.8. The molecule has 0 aliphatic carbocycles. The highest BCUT2D eigenvalue weighted by Gasteiger charge is 2.15. The van der Waals surface area contributed by atoms with E-state index >= 15 is 0 Å². The molecule has 0 saturated heterocycles. The first-order valence-electron chi connectivity index (χ1n) is 6.53. The Balaban J connectivity index is 2.44. The largest absolute Gasteiger partial charge is 0.393 e. The Morgan fingerprint density at radius 1 is 1.19 bits per heavy atom. The maximum atomic E-state index is 12.9. The van der Waals surface area contributed by atoms with Crippen LogP contribution in [0.15, 0.2) is 18.2 Å². The minimum absolute atomic E-state index is 0.0173. The summed E-state index contributed by atoms with van der Waals surface area (Å²) in [5.41, 5.74) is -0.0173. The molecule has 3 N–H and O–H groups in total. The van der Waals surface area contributed by atoms with Gasteiger partial charge < -0.3 is 15.7 Å². The van der Waals surface area contributed by atoms with Gasteiger partial charge in [0.05, 0.1) is 6.10 Å². The van der Waals surface area contributed by atoms with Crippen LogP contribution in [0.3, 0.4) is 0 Å². The number of halogens is 2. The van der Waals surface area contributed by atoms with Crippen molar-refractivity contribution in [2.75, 3.05) is 11.9 Å². The minimum Gasteiger partial charge on any atom is -0.393 e. The minimum atomic E-state index is -1.12. The number of carbonyl (C=O) groups excluding carboxylic acids is 2. The van der Waals surface area contributed by atoms with Crippen LogP contribution in [0, 0.1) is 17.6 Å². The highest BCUT2D eigenvalue weighted by Crippen LogP contribution is 2.12. The summed E-state index contributed by atoms with van der Waals surface area (Å²) in [7, 11) is 0. The second-order valence-electron chi connectivity index (χ2n) is 4.94. The third-order valence-electron chi connectivity index (χ3n) is 2.88. The molecule has 1 unspecified atom stereocenters. The Hall–Kier alpha value is -2.02. The van der Waals surface area contributed by atoms with Crippen LogP contribution in [0.5, 0.6) is 0 Å². The van der Waals surface area contributed by atoms with Gasteiger partial charge >= 0.3 is 11.8 Å². The van der Waals surface area contributed by atoms with Crippen molar-refractivity contribution < 1.29 is 23.5 Å². The number of anilines is 1. The smallest absolute Gasteiger partial charge is 0.313 e. The summed E-state index contributed by atoms with van der Waals surface area (Å²) in [6.07, 6.45) is -0.249. The van der Waals surface area contributed by atoms with Crippen molar-refractivity contribution in [1.82, 2.24) is 5.32 Å². The maximum Gasteiger partial charge on any atom is 0.313 e. The summed E-state index contributed by atoms with van der Waals surface area (Å²) in [6, 6.07) is 2.77. The molecule has 1 rings (SSSR count). The molecule has 0 fully saturated rings. The van der Waals surface area contributed by atoms with Crippen molar-refractivity contribution in [2.45, 2.75) is 26.4 Å². The first-order valence-corrected chi connectivity index (χ1v) is 6.53. The molecule has 0 bridgehead atoms. The number of rotatable bonds is 5. The van der Waals surface area contributed by atoms with Gasteiger partial charge in [-0.3, -0.25) is 9.59 Å². The van der Waals surface area contributed by atoms with Crippen LogP contribution < -0.4 is 10.6 Å². The van der Waals surface area contributed by atoms with E-state index in [1.54, 1.807) is 0 Å². The maximum absolute atomic E-state index is 12.9. The molecule has 0 aliphatic rings. The fraction of sp³-hybridized carbons (Fsp3) is 0.429. The van der Waals surface area contributed by atoms with Crippen molar-refractivity contribution in [1.29, 1.82) is 0 Å². The Labute approximate surface area is 121 Å². The first kappa shape index (κ1) is 17.0. The number of aliphatic hydroxyl groups excluding tert-OH is 1. The molecule has 0 aromatic heterocycles. The van der Waals surface area contributed by atoms with Gasteiger partial charge in [-0.25, -0.2) is 8.78 Å². The summed E-state index contributed by atoms with van der Waals surface area (Å²) in [5, 5.41) is 14.0. The monoisotopic (exact) mass is 300 g/mol. The summed E-state index contributed by atoms with van der Waals surface area (Å²) >= 11 is 0. The number of carbonyl (C=O) groups is 2. The SMILES string of the molecule is CC(C)C(O)CCNC(=O)C(=O)Nc1ccc(F)c(F)c1. The number of amides is 2. The normalized spacial score (nSPS) is 12.1. The molecule has 1 aromatic carbocycles. The second-order valence-corrected chi connectivity index (χ2v) is 4.94. The third-order valence-corrected chi connectivity index (χ3v) is 2.88. The van der Waals surface area contributed by atoms with Gasteiger partial charge in [0, 0.05) is 18.3 Å². The van der Waals surface area contributed by atoms with Gasteiger partial charge in [-0.2, -0.15) is 0 Å². The number of hydrogen-bond acceptors (Lipinski definition) is 3. The van der Waals surface area contributed by atoms with E-state index in [0.29, 0.717) is 6.42 Å². The van der Waals surface area contributed by atoms with Crippen LogP contribution in [-0.2, 0) is 9.59 Å². The highest BCUT2D eigenvalue weighted by molar-refractivity contribution is 6.39. The lowest BCUT2D eigenvalue weighted by molar-refractivity contribution is -0.136. The fourth-order valence-corrected chi connectivity index (χ4v) is 1.51. The van der Waals surface area contributed by atoms with Crippen LogP contribution in [0.2, 0.25) is 0 Å².